The number of ether oxygens (including phenoxy) is 1. The van der Waals surface area contributed by atoms with Crippen LogP contribution in [0.15, 0.2) is 30.3 Å². The summed E-state index contributed by atoms with van der Waals surface area (Å²) in [4.78, 5) is 18.6. The van der Waals surface area contributed by atoms with Crippen LogP contribution in [0.1, 0.15) is 45.5 Å². The van der Waals surface area contributed by atoms with Crippen LogP contribution < -0.4 is 4.94 Å². The fourth-order valence-corrected chi connectivity index (χ4v) is 4.21. The van der Waals surface area contributed by atoms with Crippen LogP contribution in [-0.2, 0) is 17.7 Å². The lowest BCUT2D eigenvalue weighted by atomic mass is 9.95. The molecule has 1 fully saturated rings. The summed E-state index contributed by atoms with van der Waals surface area (Å²) in [5.74, 6) is 0.202. The molecule has 0 N–H and O–H groups in total. The van der Waals surface area contributed by atoms with E-state index in [0.717, 1.165) is 41.7 Å². The predicted molar refractivity (Wildman–Crippen MR) is 101 cm³/mol. The molecular formula is C21H21ClFNO3. The fraction of sp³-hybridized carbons (Fsp3) is 0.381. The molecular weight excluding hydrogens is 369 g/mol. The number of hydrogen-bond acceptors (Lipinski definition) is 3. The first-order valence-electron chi connectivity index (χ1n) is 9.15. The maximum atomic E-state index is 13.0. The molecule has 0 radical (unpaired) electrons. The first-order chi connectivity index (χ1) is 13.1. The molecule has 142 valence electrons. The van der Waals surface area contributed by atoms with Crippen molar-refractivity contribution in [1.29, 1.82) is 0 Å². The van der Waals surface area contributed by atoms with E-state index in [9.17, 15) is 9.32 Å². The van der Waals surface area contributed by atoms with Crippen LogP contribution in [0.4, 0.5) is 4.53 Å². The summed E-state index contributed by atoms with van der Waals surface area (Å²) in [6.45, 7) is 3.88. The average molecular weight is 390 g/mol. The molecule has 4 nitrogen and oxygen atoms in total. The van der Waals surface area contributed by atoms with Crippen molar-refractivity contribution < 1.29 is 19.0 Å². The van der Waals surface area contributed by atoms with Crippen LogP contribution in [0, 0.1) is 6.92 Å². The van der Waals surface area contributed by atoms with Gasteiger partial charge >= 0.3 is 0 Å². The van der Waals surface area contributed by atoms with Gasteiger partial charge in [-0.3, -0.25) is 9.74 Å². The Morgan fingerprint density at radius 3 is 2.78 bits per heavy atom. The summed E-state index contributed by atoms with van der Waals surface area (Å²) in [6, 6.07) is 8.85. The Hall–Kier alpha value is -2.11. The lowest BCUT2D eigenvalue weighted by Gasteiger charge is -2.30. The third kappa shape index (κ3) is 3.42. The van der Waals surface area contributed by atoms with Crippen molar-refractivity contribution in [2.24, 2.45) is 0 Å². The Bertz CT molecular complexity index is 863. The van der Waals surface area contributed by atoms with E-state index in [0.29, 0.717) is 30.2 Å². The molecule has 4 rings (SSSR count). The minimum Gasteiger partial charge on any atom is -0.379 e. The molecule has 2 aromatic carbocycles. The number of fused-ring (bicyclic) bond motifs is 1. The van der Waals surface area contributed by atoms with Gasteiger partial charge in [0.1, 0.15) is 0 Å². The van der Waals surface area contributed by atoms with Crippen molar-refractivity contribution in [1.82, 2.24) is 4.90 Å². The number of nitrogens with zero attached hydrogens (tertiary/aromatic N) is 1. The van der Waals surface area contributed by atoms with Crippen LogP contribution in [0.3, 0.4) is 0 Å². The normalized spacial score (nSPS) is 19.3. The minimum absolute atomic E-state index is 0.0322. The quantitative estimate of drug-likeness (QED) is 0.764. The number of halogens is 2. The van der Waals surface area contributed by atoms with Gasteiger partial charge in [-0.15, -0.1) is 0 Å². The number of hydrogen-bond donors (Lipinski definition) is 0. The van der Waals surface area contributed by atoms with E-state index in [2.05, 4.69) is 4.94 Å². The Morgan fingerprint density at radius 2 is 2.11 bits per heavy atom. The monoisotopic (exact) mass is 389 g/mol. The maximum Gasteiger partial charge on any atom is 0.254 e. The largest absolute Gasteiger partial charge is 0.379 e. The van der Waals surface area contributed by atoms with Gasteiger partial charge in [-0.25, -0.2) is 0 Å². The summed E-state index contributed by atoms with van der Waals surface area (Å²) in [5.41, 5.74) is 4.58. The standard InChI is InChI=1S/C21H21ClFNO3/c1-13-15(9-14-4-6-17(27-23)7-5-14)10-18-19(20(13)22)11-24(21(18)25)16-3-2-8-26-12-16/h4-7,10,16H,2-3,8-9,11-12H2,1H3. The smallest absolute Gasteiger partial charge is 0.254 e. The van der Waals surface area contributed by atoms with Gasteiger partial charge in [0.25, 0.3) is 5.91 Å². The Labute approximate surface area is 162 Å². The SMILES string of the molecule is Cc1c(Cc2ccc(OF)cc2)cc2c(c1Cl)CN(C1CCCOC1)C2=O. The van der Waals surface area contributed by atoms with Gasteiger partial charge in [0.05, 0.1) is 12.6 Å². The second-order valence-electron chi connectivity index (χ2n) is 7.20. The van der Waals surface area contributed by atoms with Crippen molar-refractivity contribution in [2.45, 2.75) is 38.8 Å². The summed E-state index contributed by atoms with van der Waals surface area (Å²) in [7, 11) is 0. The molecule has 2 heterocycles. The zero-order chi connectivity index (χ0) is 19.0. The summed E-state index contributed by atoms with van der Waals surface area (Å²) in [5, 5.41) is 0.666. The average Bonchev–Trinajstić information content (AvgIpc) is 3.04. The molecule has 2 aliphatic rings. The topological polar surface area (TPSA) is 38.8 Å². The van der Waals surface area contributed by atoms with E-state index in [1.807, 2.05) is 30.0 Å². The lowest BCUT2D eigenvalue weighted by Crippen LogP contribution is -2.41. The minimum atomic E-state index is 0.0322. The van der Waals surface area contributed by atoms with Crippen molar-refractivity contribution in [3.8, 4) is 5.75 Å². The lowest BCUT2D eigenvalue weighted by molar-refractivity contribution is -0.00621. The molecule has 27 heavy (non-hydrogen) atoms. The van der Waals surface area contributed by atoms with Crippen LogP contribution >= 0.6 is 11.6 Å². The molecule has 0 spiro atoms. The number of rotatable bonds is 4. The van der Waals surface area contributed by atoms with Crippen LogP contribution in [0.25, 0.3) is 0 Å². The Morgan fingerprint density at radius 1 is 1.33 bits per heavy atom. The molecule has 0 bridgehead atoms. The second kappa shape index (κ2) is 7.49. The van der Waals surface area contributed by atoms with Gasteiger partial charge in [0.15, 0.2) is 5.75 Å². The first kappa shape index (κ1) is 18.3. The van der Waals surface area contributed by atoms with E-state index in [1.54, 1.807) is 12.1 Å². The molecule has 6 heteroatoms. The molecule has 2 aliphatic heterocycles. The highest BCUT2D eigenvalue weighted by Gasteiger charge is 2.35. The molecule has 2 aromatic rings. The summed E-state index contributed by atoms with van der Waals surface area (Å²) >= 11 is 6.65. The number of carbonyl (C=O) groups is 1. The highest BCUT2D eigenvalue weighted by atomic mass is 35.5. The van der Waals surface area contributed by atoms with E-state index >= 15 is 0 Å². The van der Waals surface area contributed by atoms with E-state index in [-0.39, 0.29) is 17.7 Å². The second-order valence-corrected chi connectivity index (χ2v) is 7.58. The van der Waals surface area contributed by atoms with Gasteiger partial charge in [0, 0.05) is 33.8 Å². The summed E-state index contributed by atoms with van der Waals surface area (Å²) < 4.78 is 17.8. The highest BCUT2D eigenvalue weighted by molar-refractivity contribution is 6.33. The zero-order valence-corrected chi connectivity index (χ0v) is 15.9. The van der Waals surface area contributed by atoms with Crippen LogP contribution in [0.5, 0.6) is 5.75 Å². The predicted octanol–water partition coefficient (Wildman–Crippen LogP) is 4.64. The van der Waals surface area contributed by atoms with Gasteiger partial charge < -0.3 is 9.64 Å². The molecule has 0 saturated carbocycles. The molecule has 1 unspecified atom stereocenters. The fourth-order valence-electron chi connectivity index (χ4n) is 3.92. The highest BCUT2D eigenvalue weighted by Crippen LogP contribution is 2.36. The Kier molecular flexibility index (Phi) is 5.06. The zero-order valence-electron chi connectivity index (χ0n) is 15.1. The third-order valence-electron chi connectivity index (χ3n) is 5.52. The summed E-state index contributed by atoms with van der Waals surface area (Å²) in [6.07, 6.45) is 2.55. The van der Waals surface area contributed by atoms with E-state index in [4.69, 9.17) is 16.3 Å². The van der Waals surface area contributed by atoms with E-state index < -0.39 is 0 Å². The van der Waals surface area contributed by atoms with Gasteiger partial charge in [-0.2, -0.15) is 0 Å². The molecule has 0 aliphatic carbocycles. The number of benzene rings is 2. The van der Waals surface area contributed by atoms with Crippen LogP contribution in [-0.4, -0.2) is 30.1 Å². The Balaban J connectivity index is 1.62. The molecule has 1 atom stereocenters. The van der Waals surface area contributed by atoms with Gasteiger partial charge in [-0.05, 0) is 61.1 Å². The number of amides is 1. The van der Waals surface area contributed by atoms with Crippen molar-refractivity contribution >= 4 is 17.5 Å². The van der Waals surface area contributed by atoms with E-state index in [1.165, 1.54) is 0 Å². The van der Waals surface area contributed by atoms with Crippen molar-refractivity contribution in [3.63, 3.8) is 0 Å². The first-order valence-corrected chi connectivity index (χ1v) is 9.53. The molecule has 1 saturated heterocycles. The van der Waals surface area contributed by atoms with Crippen molar-refractivity contribution in [2.75, 3.05) is 13.2 Å². The molecule has 0 aromatic heterocycles. The van der Waals surface area contributed by atoms with Crippen LogP contribution in [0.2, 0.25) is 5.02 Å². The van der Waals surface area contributed by atoms with Crippen molar-refractivity contribution in [3.05, 3.63) is 63.2 Å². The molecule has 1 amide bonds. The van der Waals surface area contributed by atoms with Gasteiger partial charge in [0.2, 0.25) is 0 Å². The maximum absolute atomic E-state index is 13.0. The number of carbonyl (C=O) groups excluding carboxylic acids is 1. The third-order valence-corrected chi connectivity index (χ3v) is 6.03. The van der Waals surface area contributed by atoms with Gasteiger partial charge in [-0.1, -0.05) is 23.7 Å².